The number of nitrogens with two attached hydrogens (primary N) is 1. The van der Waals surface area contributed by atoms with Gasteiger partial charge in [0.15, 0.2) is 0 Å². The van der Waals surface area contributed by atoms with Crippen molar-refractivity contribution in [3.8, 4) is 5.75 Å². The van der Waals surface area contributed by atoms with Crippen molar-refractivity contribution in [1.82, 2.24) is 0 Å². The summed E-state index contributed by atoms with van der Waals surface area (Å²) in [5, 5.41) is 16.9. The third-order valence-electron chi connectivity index (χ3n) is 2.75. The molecule has 22 heavy (non-hydrogen) atoms. The van der Waals surface area contributed by atoms with E-state index in [1.807, 2.05) is 0 Å². The molecule has 0 unspecified atom stereocenters. The monoisotopic (exact) mass is 318 g/mol. The number of hydrogen-bond acceptors (Lipinski definition) is 4. The molecule has 2 aromatic rings. The molecular formula is C15H14N2O4S. The normalized spacial score (nSPS) is 11.5. The van der Waals surface area contributed by atoms with Crippen LogP contribution in [0.4, 0.5) is 5.69 Å². The minimum atomic E-state index is -3.75. The van der Waals surface area contributed by atoms with Gasteiger partial charge in [0.1, 0.15) is 5.75 Å². The highest BCUT2D eigenvalue weighted by atomic mass is 32.2. The zero-order chi connectivity index (χ0) is 16.2. The molecule has 6 nitrogen and oxygen atoms in total. The largest absolute Gasteiger partial charge is 0.508 e. The molecule has 0 radical (unpaired) electrons. The van der Waals surface area contributed by atoms with Gasteiger partial charge in [-0.2, -0.15) is 0 Å². The van der Waals surface area contributed by atoms with Gasteiger partial charge in [0.05, 0.1) is 4.90 Å². The van der Waals surface area contributed by atoms with E-state index in [4.69, 9.17) is 5.14 Å². The van der Waals surface area contributed by atoms with Crippen LogP contribution >= 0.6 is 0 Å². The Balaban J connectivity index is 2.03. The van der Waals surface area contributed by atoms with Gasteiger partial charge in [0.2, 0.25) is 15.9 Å². The molecule has 0 bridgehead atoms. The summed E-state index contributed by atoms with van der Waals surface area (Å²) < 4.78 is 22.2. The van der Waals surface area contributed by atoms with E-state index in [9.17, 15) is 18.3 Å². The molecule has 0 heterocycles. The van der Waals surface area contributed by atoms with Crippen LogP contribution in [0, 0.1) is 0 Å². The predicted molar refractivity (Wildman–Crippen MR) is 83.6 cm³/mol. The zero-order valence-electron chi connectivity index (χ0n) is 11.4. The summed E-state index contributed by atoms with van der Waals surface area (Å²) in [6, 6.07) is 12.0. The van der Waals surface area contributed by atoms with Crippen LogP contribution in [0.3, 0.4) is 0 Å². The van der Waals surface area contributed by atoms with Crippen molar-refractivity contribution in [3.63, 3.8) is 0 Å². The number of phenolic OH excluding ortho intramolecular Hbond substituents is 1. The standard InChI is InChI=1S/C15H14N2O4S/c16-22(20,21)14-7-5-12(6-8-14)17-15(19)9-4-11-2-1-3-13(18)10-11/h1-10,18H,(H,17,19)(H2,16,20,21)/b9-4+. The van der Waals surface area contributed by atoms with Crippen LogP contribution in [0.1, 0.15) is 5.56 Å². The summed E-state index contributed by atoms with van der Waals surface area (Å²) in [7, 11) is -3.75. The summed E-state index contributed by atoms with van der Waals surface area (Å²) >= 11 is 0. The number of benzene rings is 2. The van der Waals surface area contributed by atoms with Gasteiger partial charge in [0, 0.05) is 11.8 Å². The van der Waals surface area contributed by atoms with E-state index < -0.39 is 10.0 Å². The summed E-state index contributed by atoms with van der Waals surface area (Å²) in [4.78, 5) is 11.7. The van der Waals surface area contributed by atoms with Crippen molar-refractivity contribution < 1.29 is 18.3 Å². The fourth-order valence-corrected chi connectivity index (χ4v) is 2.23. The Morgan fingerprint density at radius 3 is 2.41 bits per heavy atom. The summed E-state index contributed by atoms with van der Waals surface area (Å²) in [5.41, 5.74) is 1.12. The lowest BCUT2D eigenvalue weighted by atomic mass is 10.2. The Labute approximate surface area is 128 Å². The average Bonchev–Trinajstić information content (AvgIpc) is 2.45. The van der Waals surface area contributed by atoms with E-state index >= 15 is 0 Å². The van der Waals surface area contributed by atoms with Crippen LogP contribution in [0.5, 0.6) is 5.75 Å². The zero-order valence-corrected chi connectivity index (χ0v) is 12.2. The summed E-state index contributed by atoms with van der Waals surface area (Å²) in [5.74, 6) is -0.271. The number of hydrogen-bond donors (Lipinski definition) is 3. The van der Waals surface area contributed by atoms with E-state index in [0.29, 0.717) is 11.3 Å². The Morgan fingerprint density at radius 2 is 1.82 bits per heavy atom. The molecule has 0 atom stereocenters. The smallest absolute Gasteiger partial charge is 0.248 e. The number of anilines is 1. The average molecular weight is 318 g/mol. The van der Waals surface area contributed by atoms with E-state index in [0.717, 1.165) is 0 Å². The molecule has 0 aliphatic rings. The molecular weight excluding hydrogens is 304 g/mol. The number of phenols is 1. The second-order valence-corrected chi connectivity index (χ2v) is 6.05. The van der Waals surface area contributed by atoms with Gasteiger partial charge in [-0.05, 0) is 48.0 Å². The topological polar surface area (TPSA) is 109 Å². The first-order valence-electron chi connectivity index (χ1n) is 6.25. The quantitative estimate of drug-likeness (QED) is 0.745. The number of nitrogens with one attached hydrogen (secondary N) is 1. The Bertz CT molecular complexity index is 812. The van der Waals surface area contributed by atoms with Gasteiger partial charge in [-0.15, -0.1) is 0 Å². The number of amides is 1. The minimum Gasteiger partial charge on any atom is -0.508 e. The molecule has 2 aromatic carbocycles. The Morgan fingerprint density at radius 1 is 1.14 bits per heavy atom. The Hall–Kier alpha value is -2.64. The van der Waals surface area contributed by atoms with E-state index in [1.165, 1.54) is 42.5 Å². The van der Waals surface area contributed by atoms with Crippen molar-refractivity contribution in [2.24, 2.45) is 5.14 Å². The van der Waals surface area contributed by atoms with Crippen LogP contribution in [-0.2, 0) is 14.8 Å². The van der Waals surface area contributed by atoms with Crippen molar-refractivity contribution in [2.45, 2.75) is 4.90 Å². The van der Waals surface area contributed by atoms with Crippen LogP contribution in [-0.4, -0.2) is 19.4 Å². The number of carbonyl (C=O) groups is 1. The molecule has 7 heteroatoms. The van der Waals surface area contributed by atoms with Crippen LogP contribution in [0.25, 0.3) is 6.08 Å². The van der Waals surface area contributed by atoms with Crippen LogP contribution in [0.2, 0.25) is 0 Å². The molecule has 2 rings (SSSR count). The summed E-state index contributed by atoms with van der Waals surface area (Å²) in [6.45, 7) is 0. The molecule has 0 fully saturated rings. The lowest BCUT2D eigenvalue weighted by Gasteiger charge is -2.03. The highest BCUT2D eigenvalue weighted by molar-refractivity contribution is 7.89. The third kappa shape index (κ3) is 4.44. The van der Waals surface area contributed by atoms with Gasteiger partial charge in [-0.1, -0.05) is 12.1 Å². The second-order valence-electron chi connectivity index (χ2n) is 4.49. The van der Waals surface area contributed by atoms with Crippen molar-refractivity contribution in [2.75, 3.05) is 5.32 Å². The van der Waals surface area contributed by atoms with Gasteiger partial charge in [-0.3, -0.25) is 4.79 Å². The van der Waals surface area contributed by atoms with Crippen LogP contribution in [0.15, 0.2) is 59.5 Å². The number of rotatable bonds is 4. The fraction of sp³-hybridized carbons (Fsp3) is 0. The van der Waals surface area contributed by atoms with Gasteiger partial charge < -0.3 is 10.4 Å². The number of primary sulfonamides is 1. The molecule has 1 amide bonds. The summed E-state index contributed by atoms with van der Waals surface area (Å²) in [6.07, 6.45) is 2.86. The predicted octanol–water partition coefficient (Wildman–Crippen LogP) is 1.69. The lowest BCUT2D eigenvalue weighted by Crippen LogP contribution is -2.12. The minimum absolute atomic E-state index is 0.0270. The molecule has 0 spiro atoms. The second kappa shape index (κ2) is 6.42. The lowest BCUT2D eigenvalue weighted by molar-refractivity contribution is -0.111. The van der Waals surface area contributed by atoms with Crippen molar-refractivity contribution >= 4 is 27.7 Å². The first-order valence-corrected chi connectivity index (χ1v) is 7.80. The number of aromatic hydroxyl groups is 1. The molecule has 0 aromatic heterocycles. The maximum Gasteiger partial charge on any atom is 0.248 e. The molecule has 0 aliphatic heterocycles. The molecule has 4 N–H and O–H groups in total. The van der Waals surface area contributed by atoms with Crippen molar-refractivity contribution in [3.05, 3.63) is 60.2 Å². The molecule has 0 saturated heterocycles. The van der Waals surface area contributed by atoms with Crippen molar-refractivity contribution in [1.29, 1.82) is 0 Å². The molecule has 0 aliphatic carbocycles. The van der Waals surface area contributed by atoms with Gasteiger partial charge in [0.25, 0.3) is 0 Å². The number of sulfonamides is 1. The fourth-order valence-electron chi connectivity index (χ4n) is 1.71. The third-order valence-corrected chi connectivity index (χ3v) is 3.68. The van der Waals surface area contributed by atoms with Gasteiger partial charge in [-0.25, -0.2) is 13.6 Å². The number of carbonyl (C=O) groups excluding carboxylic acids is 1. The molecule has 114 valence electrons. The maximum atomic E-state index is 11.7. The van der Waals surface area contributed by atoms with E-state index in [-0.39, 0.29) is 16.6 Å². The maximum absolute atomic E-state index is 11.7. The van der Waals surface area contributed by atoms with Gasteiger partial charge >= 0.3 is 0 Å². The Kier molecular flexibility index (Phi) is 4.59. The highest BCUT2D eigenvalue weighted by Crippen LogP contribution is 2.14. The van der Waals surface area contributed by atoms with E-state index in [1.54, 1.807) is 18.2 Å². The van der Waals surface area contributed by atoms with E-state index in [2.05, 4.69) is 5.32 Å². The first kappa shape index (κ1) is 15.7. The molecule has 0 saturated carbocycles. The first-order chi connectivity index (χ1) is 10.3. The SMILES string of the molecule is NS(=O)(=O)c1ccc(NC(=O)/C=C/c2cccc(O)c2)cc1. The van der Waals surface area contributed by atoms with Crippen LogP contribution < -0.4 is 10.5 Å². The highest BCUT2D eigenvalue weighted by Gasteiger charge is 2.07.